The fourth-order valence-electron chi connectivity index (χ4n) is 1.98. The number of anilines is 1. The highest BCUT2D eigenvalue weighted by molar-refractivity contribution is 5.47. The summed E-state index contributed by atoms with van der Waals surface area (Å²) in [4.78, 5) is 0. The van der Waals surface area contributed by atoms with Crippen molar-refractivity contribution in [2.24, 2.45) is 0 Å². The van der Waals surface area contributed by atoms with E-state index in [9.17, 15) is 8.78 Å². The van der Waals surface area contributed by atoms with Crippen LogP contribution in [0.15, 0.2) is 48.5 Å². The fraction of sp³-hybridized carbons (Fsp3) is 0.250. The number of nitrogens with one attached hydrogen (secondary N) is 1. The van der Waals surface area contributed by atoms with Crippen molar-refractivity contribution < 1.29 is 18.3 Å². The van der Waals surface area contributed by atoms with Gasteiger partial charge in [0.2, 0.25) is 0 Å². The van der Waals surface area contributed by atoms with Crippen molar-refractivity contribution >= 4 is 5.69 Å². The quantitative estimate of drug-likeness (QED) is 0.835. The molecule has 2 aromatic rings. The van der Waals surface area contributed by atoms with Crippen molar-refractivity contribution in [3.05, 3.63) is 59.7 Å². The smallest absolute Gasteiger partial charge is 0.387 e. The fourth-order valence-corrected chi connectivity index (χ4v) is 1.98. The number of methoxy groups -OCH3 is 1. The first-order valence-electron chi connectivity index (χ1n) is 6.53. The highest BCUT2D eigenvalue weighted by Crippen LogP contribution is 2.19. The second-order valence-corrected chi connectivity index (χ2v) is 4.46. The normalized spacial score (nSPS) is 10.7. The van der Waals surface area contributed by atoms with Gasteiger partial charge in [0.15, 0.2) is 0 Å². The molecule has 21 heavy (non-hydrogen) atoms. The Morgan fingerprint density at radius 2 is 1.67 bits per heavy atom. The molecule has 112 valence electrons. The van der Waals surface area contributed by atoms with Crippen LogP contribution < -0.4 is 10.1 Å². The van der Waals surface area contributed by atoms with Gasteiger partial charge in [-0.05, 0) is 35.4 Å². The molecule has 0 aliphatic rings. The van der Waals surface area contributed by atoms with Crippen LogP contribution in [0.25, 0.3) is 0 Å². The lowest BCUT2D eigenvalue weighted by Crippen LogP contribution is -2.04. The van der Waals surface area contributed by atoms with Crippen LogP contribution in [0.2, 0.25) is 0 Å². The number of hydrogen-bond donors (Lipinski definition) is 1. The lowest BCUT2D eigenvalue weighted by atomic mass is 10.1. The van der Waals surface area contributed by atoms with Gasteiger partial charge in [0, 0.05) is 19.3 Å². The van der Waals surface area contributed by atoms with Crippen molar-refractivity contribution in [1.29, 1.82) is 0 Å². The zero-order chi connectivity index (χ0) is 15.1. The molecule has 0 aromatic heterocycles. The standard InChI is InChI=1S/C16H17F2NO2/c1-20-11-13-5-3-2-4-12(13)10-19-14-6-8-15(9-7-14)21-16(17)18/h2-9,16,19H,10-11H2,1H3. The van der Waals surface area contributed by atoms with Gasteiger partial charge in [-0.1, -0.05) is 24.3 Å². The summed E-state index contributed by atoms with van der Waals surface area (Å²) in [6.07, 6.45) is 0. The van der Waals surface area contributed by atoms with E-state index in [4.69, 9.17) is 4.74 Å². The van der Waals surface area contributed by atoms with Gasteiger partial charge in [0.1, 0.15) is 5.75 Å². The summed E-state index contributed by atoms with van der Waals surface area (Å²) < 4.78 is 33.6. The zero-order valence-corrected chi connectivity index (χ0v) is 11.7. The van der Waals surface area contributed by atoms with Gasteiger partial charge >= 0.3 is 6.61 Å². The van der Waals surface area contributed by atoms with Gasteiger partial charge in [-0.15, -0.1) is 0 Å². The average Bonchev–Trinajstić information content (AvgIpc) is 2.48. The predicted octanol–water partition coefficient (Wildman–Crippen LogP) is 4.05. The number of alkyl halides is 2. The second kappa shape index (κ2) is 7.59. The van der Waals surface area contributed by atoms with E-state index < -0.39 is 6.61 Å². The van der Waals surface area contributed by atoms with E-state index in [1.807, 2.05) is 24.3 Å². The van der Waals surface area contributed by atoms with E-state index in [0.717, 1.165) is 16.8 Å². The Morgan fingerprint density at radius 3 is 2.29 bits per heavy atom. The minimum atomic E-state index is -2.80. The number of ether oxygens (including phenoxy) is 2. The third-order valence-corrected chi connectivity index (χ3v) is 2.98. The van der Waals surface area contributed by atoms with E-state index in [2.05, 4.69) is 10.1 Å². The predicted molar refractivity (Wildman–Crippen MR) is 77.6 cm³/mol. The molecule has 0 fully saturated rings. The summed E-state index contributed by atoms with van der Waals surface area (Å²) in [5, 5.41) is 3.24. The molecule has 0 atom stereocenters. The molecule has 2 rings (SSSR count). The summed E-state index contributed by atoms with van der Waals surface area (Å²) in [6, 6.07) is 14.4. The highest BCUT2D eigenvalue weighted by atomic mass is 19.3. The van der Waals surface area contributed by atoms with Crippen molar-refractivity contribution in [2.45, 2.75) is 19.8 Å². The molecule has 0 spiro atoms. The van der Waals surface area contributed by atoms with Gasteiger partial charge in [-0.2, -0.15) is 8.78 Å². The van der Waals surface area contributed by atoms with Crippen LogP contribution in [0.5, 0.6) is 5.75 Å². The average molecular weight is 293 g/mol. The number of hydrogen-bond acceptors (Lipinski definition) is 3. The maximum atomic E-state index is 12.1. The van der Waals surface area contributed by atoms with Gasteiger partial charge in [0.05, 0.1) is 6.61 Å². The van der Waals surface area contributed by atoms with Gasteiger partial charge < -0.3 is 14.8 Å². The van der Waals surface area contributed by atoms with E-state index in [1.165, 1.54) is 12.1 Å². The van der Waals surface area contributed by atoms with E-state index in [-0.39, 0.29) is 5.75 Å². The van der Waals surface area contributed by atoms with Crippen LogP contribution in [-0.2, 0) is 17.9 Å². The first-order valence-corrected chi connectivity index (χ1v) is 6.53. The monoisotopic (exact) mass is 293 g/mol. The molecular formula is C16H17F2NO2. The largest absolute Gasteiger partial charge is 0.435 e. The zero-order valence-electron chi connectivity index (χ0n) is 11.7. The van der Waals surface area contributed by atoms with Crippen LogP contribution in [-0.4, -0.2) is 13.7 Å². The van der Waals surface area contributed by atoms with Crippen molar-refractivity contribution in [3.8, 4) is 5.75 Å². The van der Waals surface area contributed by atoms with E-state index in [0.29, 0.717) is 13.2 Å². The summed E-state index contributed by atoms with van der Waals surface area (Å²) in [6.45, 7) is -1.61. The maximum Gasteiger partial charge on any atom is 0.387 e. The molecule has 0 saturated heterocycles. The van der Waals surface area contributed by atoms with Crippen molar-refractivity contribution in [2.75, 3.05) is 12.4 Å². The topological polar surface area (TPSA) is 30.5 Å². The molecule has 2 aromatic carbocycles. The lowest BCUT2D eigenvalue weighted by Gasteiger charge is -2.11. The third kappa shape index (κ3) is 4.72. The molecule has 3 nitrogen and oxygen atoms in total. The Bertz CT molecular complexity index is 558. The van der Waals surface area contributed by atoms with Crippen LogP contribution in [0.1, 0.15) is 11.1 Å². The summed E-state index contributed by atoms with van der Waals surface area (Å²) >= 11 is 0. The molecule has 0 bridgehead atoms. The SMILES string of the molecule is COCc1ccccc1CNc1ccc(OC(F)F)cc1. The lowest BCUT2D eigenvalue weighted by molar-refractivity contribution is -0.0498. The van der Waals surface area contributed by atoms with Crippen LogP contribution in [0.3, 0.4) is 0 Å². The molecule has 1 N–H and O–H groups in total. The van der Waals surface area contributed by atoms with Gasteiger partial charge in [0.25, 0.3) is 0 Å². The summed E-state index contributed by atoms with van der Waals surface area (Å²) in [5.74, 6) is 0.148. The summed E-state index contributed by atoms with van der Waals surface area (Å²) in [5.41, 5.74) is 3.08. The molecule has 0 aliphatic carbocycles. The molecular weight excluding hydrogens is 276 g/mol. The first-order chi connectivity index (χ1) is 10.2. The minimum absolute atomic E-state index is 0.148. The molecule has 5 heteroatoms. The Kier molecular flexibility index (Phi) is 5.51. The van der Waals surface area contributed by atoms with Gasteiger partial charge in [-0.25, -0.2) is 0 Å². The number of rotatable bonds is 7. The molecule has 0 aliphatic heterocycles. The van der Waals surface area contributed by atoms with Crippen LogP contribution >= 0.6 is 0 Å². The third-order valence-electron chi connectivity index (χ3n) is 2.98. The van der Waals surface area contributed by atoms with Gasteiger partial charge in [-0.3, -0.25) is 0 Å². The Hall–Kier alpha value is -2.14. The Balaban J connectivity index is 1.96. The molecule has 0 amide bonds. The highest BCUT2D eigenvalue weighted by Gasteiger charge is 2.04. The van der Waals surface area contributed by atoms with Crippen molar-refractivity contribution in [1.82, 2.24) is 0 Å². The molecule has 0 saturated carbocycles. The van der Waals surface area contributed by atoms with Crippen LogP contribution in [0.4, 0.5) is 14.5 Å². The Labute approximate surface area is 122 Å². The molecule has 0 radical (unpaired) electrons. The van der Waals surface area contributed by atoms with E-state index in [1.54, 1.807) is 19.2 Å². The maximum absolute atomic E-state index is 12.1. The van der Waals surface area contributed by atoms with Crippen LogP contribution in [0, 0.1) is 0 Å². The van der Waals surface area contributed by atoms with Crippen molar-refractivity contribution in [3.63, 3.8) is 0 Å². The number of benzene rings is 2. The second-order valence-electron chi connectivity index (χ2n) is 4.46. The molecule has 0 unspecified atom stereocenters. The number of halogens is 2. The van der Waals surface area contributed by atoms with E-state index >= 15 is 0 Å². The minimum Gasteiger partial charge on any atom is -0.435 e. The molecule has 0 heterocycles. The Morgan fingerprint density at radius 1 is 1.00 bits per heavy atom. The summed E-state index contributed by atoms with van der Waals surface area (Å²) in [7, 11) is 1.66. The first kappa shape index (κ1) is 15.3.